The van der Waals surface area contributed by atoms with E-state index in [1.54, 1.807) is 30.3 Å². The van der Waals surface area contributed by atoms with E-state index in [2.05, 4.69) is 21.2 Å². The van der Waals surface area contributed by atoms with Crippen LogP contribution in [0, 0.1) is 0 Å². The van der Waals surface area contributed by atoms with E-state index in [9.17, 15) is 9.59 Å². The van der Waals surface area contributed by atoms with E-state index >= 15 is 0 Å². The molecule has 0 bridgehead atoms. The summed E-state index contributed by atoms with van der Waals surface area (Å²) in [6.45, 7) is 0. The second-order valence-electron chi connectivity index (χ2n) is 4.40. The SMILES string of the molecule is NNC(=O)C(=Cc1ccccc1)NC(=O)c1ccc(Br)cc1. The molecule has 0 radical (unpaired) electrons. The summed E-state index contributed by atoms with van der Waals surface area (Å²) in [5.74, 6) is 4.20. The van der Waals surface area contributed by atoms with Crippen molar-refractivity contribution in [1.82, 2.24) is 10.7 Å². The molecule has 0 heterocycles. The number of hydrogen-bond acceptors (Lipinski definition) is 3. The summed E-state index contributed by atoms with van der Waals surface area (Å²) in [5, 5.41) is 2.57. The van der Waals surface area contributed by atoms with Gasteiger partial charge in [0.05, 0.1) is 0 Å². The highest BCUT2D eigenvalue weighted by atomic mass is 79.9. The number of halogens is 1. The molecule has 0 atom stereocenters. The molecule has 0 fully saturated rings. The van der Waals surface area contributed by atoms with Gasteiger partial charge in [0.2, 0.25) is 0 Å². The first-order valence-electron chi connectivity index (χ1n) is 6.45. The molecule has 0 aromatic heterocycles. The van der Waals surface area contributed by atoms with Crippen LogP contribution in [0.25, 0.3) is 6.08 Å². The highest BCUT2D eigenvalue weighted by Gasteiger charge is 2.13. The Hall–Kier alpha value is -2.44. The van der Waals surface area contributed by atoms with Crippen molar-refractivity contribution in [3.8, 4) is 0 Å². The second-order valence-corrected chi connectivity index (χ2v) is 5.32. The fourth-order valence-corrected chi connectivity index (χ4v) is 2.01. The van der Waals surface area contributed by atoms with Crippen LogP contribution in [0.3, 0.4) is 0 Å². The highest BCUT2D eigenvalue weighted by molar-refractivity contribution is 9.10. The van der Waals surface area contributed by atoms with Gasteiger partial charge in [0, 0.05) is 10.0 Å². The number of carbonyl (C=O) groups excluding carboxylic acids is 2. The molecule has 2 aromatic carbocycles. The van der Waals surface area contributed by atoms with Crippen LogP contribution in [0.1, 0.15) is 15.9 Å². The van der Waals surface area contributed by atoms with E-state index in [0.29, 0.717) is 5.56 Å². The van der Waals surface area contributed by atoms with Crippen molar-refractivity contribution in [1.29, 1.82) is 0 Å². The van der Waals surface area contributed by atoms with Gasteiger partial charge in [-0.1, -0.05) is 46.3 Å². The van der Waals surface area contributed by atoms with Crippen LogP contribution in [0.5, 0.6) is 0 Å². The van der Waals surface area contributed by atoms with Crippen LogP contribution in [0.15, 0.2) is 64.8 Å². The van der Waals surface area contributed by atoms with Crippen LogP contribution in [-0.2, 0) is 4.79 Å². The Morgan fingerprint density at radius 1 is 1.00 bits per heavy atom. The molecule has 22 heavy (non-hydrogen) atoms. The largest absolute Gasteiger partial charge is 0.317 e. The lowest BCUT2D eigenvalue weighted by Gasteiger charge is -2.09. The van der Waals surface area contributed by atoms with Crippen LogP contribution in [0.2, 0.25) is 0 Å². The molecule has 0 saturated heterocycles. The van der Waals surface area contributed by atoms with Crippen LogP contribution in [-0.4, -0.2) is 11.8 Å². The van der Waals surface area contributed by atoms with E-state index < -0.39 is 11.8 Å². The molecule has 0 aliphatic rings. The maximum atomic E-state index is 12.2. The number of carbonyl (C=O) groups is 2. The lowest BCUT2D eigenvalue weighted by Crippen LogP contribution is -2.38. The third-order valence-electron chi connectivity index (χ3n) is 2.84. The van der Waals surface area contributed by atoms with Crippen molar-refractivity contribution in [2.45, 2.75) is 0 Å². The molecule has 5 nitrogen and oxygen atoms in total. The third kappa shape index (κ3) is 4.28. The fraction of sp³-hybridized carbons (Fsp3) is 0. The van der Waals surface area contributed by atoms with Crippen molar-refractivity contribution in [3.63, 3.8) is 0 Å². The monoisotopic (exact) mass is 359 g/mol. The molecule has 2 amide bonds. The minimum absolute atomic E-state index is 0.0709. The minimum atomic E-state index is -0.575. The lowest BCUT2D eigenvalue weighted by atomic mass is 10.1. The van der Waals surface area contributed by atoms with Gasteiger partial charge in [-0.2, -0.15) is 0 Å². The smallest absolute Gasteiger partial charge is 0.281 e. The quantitative estimate of drug-likeness (QED) is 0.338. The van der Waals surface area contributed by atoms with Crippen molar-refractivity contribution >= 4 is 33.8 Å². The fourth-order valence-electron chi connectivity index (χ4n) is 1.75. The Labute approximate surface area is 136 Å². The topological polar surface area (TPSA) is 84.2 Å². The molecule has 2 aromatic rings. The zero-order chi connectivity index (χ0) is 15.9. The number of hydrogen-bond donors (Lipinski definition) is 3. The van der Waals surface area contributed by atoms with Gasteiger partial charge in [-0.3, -0.25) is 15.0 Å². The average Bonchev–Trinajstić information content (AvgIpc) is 2.55. The first kappa shape index (κ1) is 15.9. The predicted octanol–water partition coefficient (Wildman–Crippen LogP) is 2.21. The van der Waals surface area contributed by atoms with Gasteiger partial charge in [0.25, 0.3) is 11.8 Å². The number of rotatable bonds is 4. The summed E-state index contributed by atoms with van der Waals surface area (Å²) < 4.78 is 0.865. The van der Waals surface area contributed by atoms with Crippen LogP contribution >= 0.6 is 15.9 Å². The summed E-state index contributed by atoms with van der Waals surface area (Å²) in [6.07, 6.45) is 1.55. The number of nitrogens with two attached hydrogens (primary N) is 1. The number of benzene rings is 2. The first-order chi connectivity index (χ1) is 10.6. The minimum Gasteiger partial charge on any atom is -0.317 e. The Kier molecular flexibility index (Phi) is 5.46. The van der Waals surface area contributed by atoms with Crippen molar-refractivity contribution in [2.75, 3.05) is 0 Å². The second kappa shape index (κ2) is 7.53. The summed E-state index contributed by atoms with van der Waals surface area (Å²) in [7, 11) is 0. The summed E-state index contributed by atoms with van der Waals surface area (Å²) in [6, 6.07) is 16.0. The molecule has 0 unspecified atom stereocenters. The highest BCUT2D eigenvalue weighted by Crippen LogP contribution is 2.11. The maximum absolute atomic E-state index is 12.2. The van der Waals surface area contributed by atoms with Gasteiger partial charge < -0.3 is 5.32 Å². The normalized spacial score (nSPS) is 10.9. The van der Waals surface area contributed by atoms with E-state index in [-0.39, 0.29) is 5.70 Å². The summed E-state index contributed by atoms with van der Waals surface area (Å²) in [4.78, 5) is 24.0. The number of amides is 2. The molecule has 2 rings (SSSR count). The van der Waals surface area contributed by atoms with Gasteiger partial charge in [-0.15, -0.1) is 0 Å². The molecule has 112 valence electrons. The molecular formula is C16H14BrN3O2. The van der Waals surface area contributed by atoms with Crippen molar-refractivity contribution in [2.24, 2.45) is 5.84 Å². The molecule has 0 saturated carbocycles. The Bertz CT molecular complexity index is 697. The molecule has 0 aliphatic heterocycles. The Morgan fingerprint density at radius 2 is 1.64 bits per heavy atom. The van der Waals surface area contributed by atoms with E-state index in [1.807, 2.05) is 35.8 Å². The zero-order valence-electron chi connectivity index (χ0n) is 11.5. The van der Waals surface area contributed by atoms with E-state index in [4.69, 9.17) is 5.84 Å². The molecule has 6 heteroatoms. The molecule has 4 N–H and O–H groups in total. The molecule has 0 spiro atoms. The van der Waals surface area contributed by atoms with Crippen molar-refractivity contribution < 1.29 is 9.59 Å². The first-order valence-corrected chi connectivity index (χ1v) is 7.24. The summed E-state index contributed by atoms with van der Waals surface area (Å²) in [5.41, 5.74) is 3.30. The van der Waals surface area contributed by atoms with Gasteiger partial charge in [-0.05, 0) is 35.9 Å². The predicted molar refractivity (Wildman–Crippen MR) is 88.4 cm³/mol. The third-order valence-corrected chi connectivity index (χ3v) is 3.37. The molecular weight excluding hydrogens is 346 g/mol. The standard InChI is InChI=1S/C16H14BrN3O2/c17-13-8-6-12(7-9-13)15(21)19-14(16(22)20-18)10-11-4-2-1-3-5-11/h1-10H,18H2,(H,19,21)(H,20,22). The van der Waals surface area contributed by atoms with Crippen LogP contribution in [0.4, 0.5) is 0 Å². The van der Waals surface area contributed by atoms with E-state index in [0.717, 1.165) is 10.0 Å². The van der Waals surface area contributed by atoms with Gasteiger partial charge in [0.15, 0.2) is 0 Å². The number of hydrazine groups is 1. The Morgan fingerprint density at radius 3 is 2.23 bits per heavy atom. The van der Waals surface area contributed by atoms with Crippen molar-refractivity contribution in [3.05, 3.63) is 75.9 Å². The van der Waals surface area contributed by atoms with Gasteiger partial charge >= 0.3 is 0 Å². The van der Waals surface area contributed by atoms with E-state index in [1.165, 1.54) is 0 Å². The Balaban J connectivity index is 2.24. The molecule has 0 aliphatic carbocycles. The maximum Gasteiger partial charge on any atom is 0.281 e. The van der Waals surface area contributed by atoms with Gasteiger partial charge in [-0.25, -0.2) is 5.84 Å². The van der Waals surface area contributed by atoms with Crippen LogP contribution < -0.4 is 16.6 Å². The average molecular weight is 360 g/mol. The van der Waals surface area contributed by atoms with Gasteiger partial charge in [0.1, 0.15) is 5.70 Å². The zero-order valence-corrected chi connectivity index (χ0v) is 13.1. The number of nitrogens with one attached hydrogen (secondary N) is 2. The lowest BCUT2D eigenvalue weighted by molar-refractivity contribution is -0.117. The summed E-state index contributed by atoms with van der Waals surface area (Å²) >= 11 is 3.30.